The number of benzene rings is 1. The molecule has 1 amide bonds. The van der Waals surface area contributed by atoms with Crippen LogP contribution in [0.4, 0.5) is 0 Å². The number of nitrogens with one attached hydrogen (secondary N) is 1. The van der Waals surface area contributed by atoms with E-state index in [0.29, 0.717) is 11.3 Å². The van der Waals surface area contributed by atoms with Crippen molar-refractivity contribution in [1.29, 1.82) is 0 Å². The number of hydrogen-bond donors (Lipinski definition) is 2. The van der Waals surface area contributed by atoms with Crippen LogP contribution in [0.15, 0.2) is 48.8 Å². The van der Waals surface area contributed by atoms with Gasteiger partial charge in [0, 0.05) is 17.8 Å². The number of amides is 1. The highest BCUT2D eigenvalue weighted by atomic mass is 16.5. The largest absolute Gasteiger partial charge is 0.288 e. The Kier molecular flexibility index (Phi) is 3.33. The van der Waals surface area contributed by atoms with E-state index in [2.05, 4.69) is 9.97 Å². The summed E-state index contributed by atoms with van der Waals surface area (Å²) in [4.78, 5) is 20.0. The topological polar surface area (TPSA) is 75.1 Å². The van der Waals surface area contributed by atoms with E-state index in [1.165, 1.54) is 0 Å². The first-order chi connectivity index (χ1) is 10.2. The zero-order valence-corrected chi connectivity index (χ0v) is 11.4. The number of carbonyl (C=O) groups is 1. The lowest BCUT2D eigenvalue weighted by Gasteiger charge is -2.07. The summed E-state index contributed by atoms with van der Waals surface area (Å²) in [6.07, 6.45) is 3.47. The van der Waals surface area contributed by atoms with Crippen LogP contribution in [-0.2, 0) is 0 Å². The Morgan fingerprint density at radius 3 is 2.57 bits per heavy atom. The molecule has 0 saturated heterocycles. The molecule has 0 unspecified atom stereocenters. The van der Waals surface area contributed by atoms with E-state index >= 15 is 0 Å². The van der Waals surface area contributed by atoms with Crippen LogP contribution in [0.25, 0.3) is 22.0 Å². The van der Waals surface area contributed by atoms with Crippen LogP contribution < -0.4 is 5.48 Å². The first kappa shape index (κ1) is 13.2. The summed E-state index contributed by atoms with van der Waals surface area (Å²) in [6, 6.07) is 11.4. The minimum atomic E-state index is -0.559. The Bertz CT molecular complexity index is 816. The first-order valence-corrected chi connectivity index (χ1v) is 6.45. The highest BCUT2D eigenvalue weighted by Gasteiger charge is 2.11. The fraction of sp³-hybridized carbons (Fsp3) is 0.0625. The van der Waals surface area contributed by atoms with Gasteiger partial charge in [-0.15, -0.1) is 0 Å². The van der Waals surface area contributed by atoms with Crippen LogP contribution in [0.3, 0.4) is 0 Å². The van der Waals surface area contributed by atoms with Gasteiger partial charge in [0.25, 0.3) is 5.91 Å². The SMILES string of the molecule is Cc1nc2ccc(-c3ccncc3)cc2cc1C(=O)NO. The second-order valence-electron chi connectivity index (χ2n) is 4.71. The second-order valence-corrected chi connectivity index (χ2v) is 4.71. The van der Waals surface area contributed by atoms with Crippen molar-refractivity contribution in [2.75, 3.05) is 0 Å². The summed E-state index contributed by atoms with van der Waals surface area (Å²) in [5, 5.41) is 9.62. The molecular weight excluding hydrogens is 266 g/mol. The minimum absolute atomic E-state index is 0.358. The summed E-state index contributed by atoms with van der Waals surface area (Å²) in [5.74, 6) is -0.559. The van der Waals surface area contributed by atoms with E-state index in [0.717, 1.165) is 22.0 Å². The third-order valence-corrected chi connectivity index (χ3v) is 3.37. The minimum Gasteiger partial charge on any atom is -0.288 e. The van der Waals surface area contributed by atoms with Crippen molar-refractivity contribution < 1.29 is 10.0 Å². The van der Waals surface area contributed by atoms with Gasteiger partial charge in [0.2, 0.25) is 0 Å². The monoisotopic (exact) mass is 279 g/mol. The van der Waals surface area contributed by atoms with E-state index < -0.39 is 5.91 Å². The number of aromatic nitrogens is 2. The number of nitrogens with zero attached hydrogens (tertiary/aromatic N) is 2. The Morgan fingerprint density at radius 1 is 1.10 bits per heavy atom. The lowest BCUT2D eigenvalue weighted by atomic mass is 10.0. The van der Waals surface area contributed by atoms with Crippen LogP contribution in [0, 0.1) is 6.92 Å². The number of hydrogen-bond acceptors (Lipinski definition) is 4. The Morgan fingerprint density at radius 2 is 1.86 bits per heavy atom. The van der Waals surface area contributed by atoms with Gasteiger partial charge in [0.1, 0.15) is 0 Å². The predicted octanol–water partition coefficient (Wildman–Crippen LogP) is 2.72. The molecule has 3 rings (SSSR count). The summed E-state index contributed by atoms with van der Waals surface area (Å²) >= 11 is 0. The molecule has 2 N–H and O–H groups in total. The molecule has 2 aromatic heterocycles. The number of rotatable bonds is 2. The van der Waals surface area contributed by atoms with Gasteiger partial charge < -0.3 is 0 Å². The molecule has 0 aliphatic heterocycles. The van der Waals surface area contributed by atoms with Crippen LogP contribution in [0.2, 0.25) is 0 Å². The van der Waals surface area contributed by atoms with Crippen molar-refractivity contribution >= 4 is 16.8 Å². The van der Waals surface area contributed by atoms with Gasteiger partial charge in [0.15, 0.2) is 0 Å². The summed E-state index contributed by atoms with van der Waals surface area (Å²) in [6.45, 7) is 1.74. The Hall–Kier alpha value is -2.79. The predicted molar refractivity (Wildman–Crippen MR) is 79.0 cm³/mol. The molecule has 0 saturated carbocycles. The smallest absolute Gasteiger partial charge is 0.276 e. The van der Waals surface area contributed by atoms with Crippen LogP contribution in [0.5, 0.6) is 0 Å². The van der Waals surface area contributed by atoms with Gasteiger partial charge in [-0.2, -0.15) is 0 Å². The molecule has 0 bridgehead atoms. The molecule has 0 radical (unpaired) electrons. The van der Waals surface area contributed by atoms with Crippen molar-refractivity contribution in [2.24, 2.45) is 0 Å². The first-order valence-electron chi connectivity index (χ1n) is 6.45. The van der Waals surface area contributed by atoms with E-state index in [1.54, 1.807) is 30.9 Å². The average Bonchev–Trinajstić information content (AvgIpc) is 2.54. The lowest BCUT2D eigenvalue weighted by Crippen LogP contribution is -2.20. The van der Waals surface area contributed by atoms with Crippen molar-refractivity contribution in [3.05, 3.63) is 60.0 Å². The molecule has 5 nitrogen and oxygen atoms in total. The molecule has 1 aromatic carbocycles. The molecule has 0 fully saturated rings. The third-order valence-electron chi connectivity index (χ3n) is 3.37. The fourth-order valence-corrected chi connectivity index (χ4v) is 2.29. The Balaban J connectivity index is 2.17. The molecule has 0 aliphatic carbocycles. The average molecular weight is 279 g/mol. The van der Waals surface area contributed by atoms with Gasteiger partial charge in [0.05, 0.1) is 16.8 Å². The molecule has 0 atom stereocenters. The zero-order valence-electron chi connectivity index (χ0n) is 11.4. The zero-order chi connectivity index (χ0) is 14.8. The third kappa shape index (κ3) is 2.46. The standard InChI is InChI=1S/C16H13N3O2/c1-10-14(16(20)19-21)9-13-8-12(2-3-15(13)18-10)11-4-6-17-7-5-11/h2-9,21H,1H3,(H,19,20). The van der Waals surface area contributed by atoms with E-state index in [4.69, 9.17) is 5.21 Å². The highest BCUT2D eigenvalue weighted by Crippen LogP contribution is 2.24. The molecule has 104 valence electrons. The summed E-state index contributed by atoms with van der Waals surface area (Å²) in [7, 11) is 0. The highest BCUT2D eigenvalue weighted by molar-refractivity contribution is 5.98. The molecule has 0 aliphatic rings. The van der Waals surface area contributed by atoms with Crippen molar-refractivity contribution in [1.82, 2.24) is 15.4 Å². The number of pyridine rings is 2. The van der Waals surface area contributed by atoms with Gasteiger partial charge in [-0.05, 0) is 48.4 Å². The number of carbonyl (C=O) groups excluding carboxylic acids is 1. The van der Waals surface area contributed by atoms with Crippen molar-refractivity contribution in [2.45, 2.75) is 6.92 Å². The summed E-state index contributed by atoms with van der Waals surface area (Å²) < 4.78 is 0. The van der Waals surface area contributed by atoms with Crippen LogP contribution in [0.1, 0.15) is 16.1 Å². The van der Waals surface area contributed by atoms with Gasteiger partial charge in [-0.25, -0.2) is 5.48 Å². The van der Waals surface area contributed by atoms with Crippen molar-refractivity contribution in [3.8, 4) is 11.1 Å². The second kappa shape index (κ2) is 5.30. The van der Waals surface area contributed by atoms with Gasteiger partial charge in [-0.1, -0.05) is 6.07 Å². The molecular formula is C16H13N3O2. The maximum atomic E-state index is 11.6. The summed E-state index contributed by atoms with van der Waals surface area (Å²) in [5.41, 5.74) is 5.45. The quantitative estimate of drug-likeness (QED) is 0.558. The van der Waals surface area contributed by atoms with E-state index in [9.17, 15) is 4.79 Å². The maximum absolute atomic E-state index is 11.6. The molecule has 5 heteroatoms. The number of aryl methyl sites for hydroxylation is 1. The van der Waals surface area contributed by atoms with E-state index in [1.807, 2.05) is 30.3 Å². The lowest BCUT2D eigenvalue weighted by molar-refractivity contribution is 0.0705. The maximum Gasteiger partial charge on any atom is 0.276 e. The van der Waals surface area contributed by atoms with Gasteiger partial charge in [-0.3, -0.25) is 20.0 Å². The number of hydroxylamine groups is 1. The number of fused-ring (bicyclic) bond motifs is 1. The molecule has 21 heavy (non-hydrogen) atoms. The molecule has 2 heterocycles. The fourth-order valence-electron chi connectivity index (χ4n) is 2.29. The van der Waals surface area contributed by atoms with Crippen LogP contribution in [-0.4, -0.2) is 21.1 Å². The van der Waals surface area contributed by atoms with Crippen LogP contribution >= 0.6 is 0 Å². The Labute approximate surface area is 121 Å². The normalized spacial score (nSPS) is 10.6. The van der Waals surface area contributed by atoms with E-state index in [-0.39, 0.29) is 0 Å². The van der Waals surface area contributed by atoms with Crippen molar-refractivity contribution in [3.63, 3.8) is 0 Å². The van der Waals surface area contributed by atoms with Gasteiger partial charge >= 0.3 is 0 Å². The molecule has 0 spiro atoms. The molecule has 3 aromatic rings.